The van der Waals surface area contributed by atoms with Crippen LogP contribution in [0, 0.1) is 0 Å². The minimum atomic E-state index is -2.02. The summed E-state index contributed by atoms with van der Waals surface area (Å²) in [7, 11) is 0. The number of rotatable bonds is 4. The number of nitrogens with zero attached hydrogens (tertiary/aromatic N) is 1. The van der Waals surface area contributed by atoms with E-state index in [4.69, 9.17) is 0 Å². The van der Waals surface area contributed by atoms with Gasteiger partial charge < -0.3 is 9.90 Å². The Morgan fingerprint density at radius 2 is 1.75 bits per heavy atom. The standard InChI is InChI=1S/C8H9NO7/c10-5-1-2-6(11)9(5,15)16-8(14)4-3-7(12)13/h15H,1-4H2. The Morgan fingerprint density at radius 1 is 1.25 bits per heavy atom. The highest BCUT2D eigenvalue weighted by Gasteiger charge is 2.55. The topological polar surface area (TPSA) is 121 Å². The van der Waals surface area contributed by atoms with Crippen molar-refractivity contribution in [2.24, 2.45) is 0 Å². The molecule has 0 bridgehead atoms. The van der Waals surface area contributed by atoms with Gasteiger partial charge in [-0.1, -0.05) is 0 Å². The zero-order valence-corrected chi connectivity index (χ0v) is 8.17. The van der Waals surface area contributed by atoms with Gasteiger partial charge in [-0.2, -0.15) is 5.21 Å². The summed E-state index contributed by atoms with van der Waals surface area (Å²) in [5, 5.41) is 19.4. The third kappa shape index (κ3) is 2.41. The molecule has 0 aromatic heterocycles. The van der Waals surface area contributed by atoms with Gasteiger partial charge in [0.05, 0.1) is 19.3 Å². The number of carboxylic acids is 1. The molecule has 1 rings (SSSR count). The molecule has 8 nitrogen and oxygen atoms in total. The Bertz CT molecular complexity index is 345. The number of aliphatic carboxylic acids is 1. The number of quaternary nitrogens is 1. The van der Waals surface area contributed by atoms with E-state index in [1.165, 1.54) is 0 Å². The first kappa shape index (κ1) is 12.3. The van der Waals surface area contributed by atoms with E-state index in [2.05, 4.69) is 4.84 Å². The van der Waals surface area contributed by atoms with Crippen LogP contribution in [0.2, 0.25) is 0 Å². The first-order valence-corrected chi connectivity index (χ1v) is 4.47. The Kier molecular flexibility index (Phi) is 3.35. The Labute approximate surface area is 89.5 Å². The van der Waals surface area contributed by atoms with Crippen molar-refractivity contribution in [3.05, 3.63) is 0 Å². The number of hydroxylamine groups is 4. The largest absolute Gasteiger partial charge is 0.550 e. The van der Waals surface area contributed by atoms with Crippen LogP contribution in [0.1, 0.15) is 25.7 Å². The van der Waals surface area contributed by atoms with E-state index in [1.807, 2.05) is 0 Å². The third-order valence-corrected chi connectivity index (χ3v) is 2.00. The molecule has 8 heteroatoms. The van der Waals surface area contributed by atoms with Gasteiger partial charge in [-0.3, -0.25) is 0 Å². The number of hydrogen-bond donors (Lipinski definition) is 1. The van der Waals surface area contributed by atoms with Gasteiger partial charge in [0.25, 0.3) is 0 Å². The summed E-state index contributed by atoms with van der Waals surface area (Å²) in [6.45, 7) is 0. The van der Waals surface area contributed by atoms with Crippen molar-refractivity contribution >= 4 is 23.8 Å². The fourth-order valence-corrected chi connectivity index (χ4v) is 1.15. The zero-order valence-electron chi connectivity index (χ0n) is 8.17. The monoisotopic (exact) mass is 231 g/mol. The second kappa shape index (κ2) is 4.37. The summed E-state index contributed by atoms with van der Waals surface area (Å²) in [6, 6.07) is 0. The van der Waals surface area contributed by atoms with Crippen LogP contribution in [-0.4, -0.2) is 33.8 Å². The first-order valence-electron chi connectivity index (χ1n) is 4.47. The molecule has 0 atom stereocenters. The van der Waals surface area contributed by atoms with Crippen LogP contribution in [-0.2, 0) is 24.0 Å². The quantitative estimate of drug-likeness (QED) is 0.338. The first-order chi connectivity index (χ1) is 7.36. The van der Waals surface area contributed by atoms with Crippen molar-refractivity contribution in [2.45, 2.75) is 25.7 Å². The Hall–Kier alpha value is -1.80. The molecule has 0 aromatic carbocycles. The van der Waals surface area contributed by atoms with Crippen molar-refractivity contribution in [1.82, 2.24) is 0 Å². The molecule has 16 heavy (non-hydrogen) atoms. The number of carboxylic acid groups (broad SMARTS) is 1. The number of imide groups is 1. The van der Waals surface area contributed by atoms with E-state index in [-0.39, 0.29) is 12.8 Å². The summed E-state index contributed by atoms with van der Waals surface area (Å²) in [4.78, 5) is 45.4. The average molecular weight is 231 g/mol. The van der Waals surface area contributed by atoms with Crippen molar-refractivity contribution < 1.29 is 39.1 Å². The summed E-state index contributed by atoms with van der Waals surface area (Å²) < 4.78 is 0. The molecular formula is C8H9NO7. The minimum Gasteiger partial charge on any atom is -0.550 e. The SMILES string of the molecule is O=C([O-])CCC(=O)O[N+]1(O)C(=O)CCC1=O. The highest BCUT2D eigenvalue weighted by Crippen LogP contribution is 2.21. The van der Waals surface area contributed by atoms with Crippen LogP contribution in [0.25, 0.3) is 0 Å². The number of hydrogen-bond acceptors (Lipinski definition) is 7. The maximum atomic E-state index is 11.1. The summed E-state index contributed by atoms with van der Waals surface area (Å²) in [5.41, 5.74) is 0. The Balaban J connectivity index is 2.59. The smallest absolute Gasteiger partial charge is 0.397 e. The van der Waals surface area contributed by atoms with Crippen LogP contribution in [0.5, 0.6) is 0 Å². The molecule has 0 unspecified atom stereocenters. The van der Waals surface area contributed by atoms with E-state index in [1.54, 1.807) is 0 Å². The van der Waals surface area contributed by atoms with Crippen molar-refractivity contribution in [3.8, 4) is 0 Å². The average Bonchev–Trinajstić information content (AvgIpc) is 2.43. The van der Waals surface area contributed by atoms with E-state index >= 15 is 0 Å². The van der Waals surface area contributed by atoms with Gasteiger partial charge in [0.2, 0.25) is 0 Å². The maximum absolute atomic E-state index is 11.1. The Morgan fingerprint density at radius 3 is 2.19 bits per heavy atom. The van der Waals surface area contributed by atoms with Crippen molar-refractivity contribution in [3.63, 3.8) is 0 Å². The lowest BCUT2D eigenvalue weighted by Crippen LogP contribution is -2.50. The van der Waals surface area contributed by atoms with E-state index < -0.39 is 41.4 Å². The lowest BCUT2D eigenvalue weighted by molar-refractivity contribution is -1.12. The molecule has 1 fully saturated rings. The highest BCUT2D eigenvalue weighted by molar-refractivity contribution is 5.91. The maximum Gasteiger partial charge on any atom is 0.397 e. The predicted octanol–water partition coefficient (Wildman–Crippen LogP) is -1.97. The summed E-state index contributed by atoms with van der Waals surface area (Å²) >= 11 is 0. The molecular weight excluding hydrogens is 222 g/mol. The molecule has 1 N–H and O–H groups in total. The lowest BCUT2D eigenvalue weighted by atomic mass is 10.3. The van der Waals surface area contributed by atoms with Crippen LogP contribution in [0.3, 0.4) is 0 Å². The molecule has 2 amide bonds. The van der Waals surface area contributed by atoms with Crippen LogP contribution in [0.15, 0.2) is 0 Å². The second-order valence-corrected chi connectivity index (χ2v) is 3.20. The second-order valence-electron chi connectivity index (χ2n) is 3.20. The molecule has 1 aliphatic heterocycles. The number of amides is 2. The van der Waals surface area contributed by atoms with Crippen molar-refractivity contribution in [2.75, 3.05) is 0 Å². The van der Waals surface area contributed by atoms with Gasteiger partial charge in [-0.15, -0.1) is 0 Å². The molecule has 0 aliphatic carbocycles. The zero-order chi connectivity index (χ0) is 12.3. The molecule has 0 spiro atoms. The summed E-state index contributed by atoms with van der Waals surface area (Å²) in [6.07, 6.45) is -1.63. The molecule has 0 radical (unpaired) electrons. The van der Waals surface area contributed by atoms with Crippen molar-refractivity contribution in [1.29, 1.82) is 0 Å². The molecule has 1 heterocycles. The van der Waals surface area contributed by atoms with Gasteiger partial charge >= 0.3 is 17.8 Å². The molecule has 88 valence electrons. The minimum absolute atomic E-state index is 0.219. The lowest BCUT2D eigenvalue weighted by Gasteiger charge is -2.15. The highest BCUT2D eigenvalue weighted by atomic mass is 17.0. The van der Waals surface area contributed by atoms with Crippen LogP contribution >= 0.6 is 0 Å². The van der Waals surface area contributed by atoms with Crippen LogP contribution in [0.4, 0.5) is 0 Å². The number of carbonyl (C=O) groups excluding carboxylic acids is 4. The molecule has 0 aromatic rings. The van der Waals surface area contributed by atoms with E-state index in [0.717, 1.165) is 0 Å². The molecule has 1 aliphatic rings. The van der Waals surface area contributed by atoms with Gasteiger partial charge in [0, 0.05) is 5.97 Å². The number of carbonyl (C=O) groups is 4. The van der Waals surface area contributed by atoms with Gasteiger partial charge in [-0.05, 0) is 6.42 Å². The molecule has 0 saturated carbocycles. The van der Waals surface area contributed by atoms with Crippen LogP contribution < -0.4 is 5.11 Å². The predicted molar refractivity (Wildman–Crippen MR) is 41.6 cm³/mol. The van der Waals surface area contributed by atoms with E-state index in [9.17, 15) is 29.5 Å². The third-order valence-electron chi connectivity index (χ3n) is 2.00. The normalized spacial score (nSPS) is 18.6. The molecule has 1 saturated heterocycles. The fourth-order valence-electron chi connectivity index (χ4n) is 1.15. The fraction of sp³-hybridized carbons (Fsp3) is 0.500. The van der Waals surface area contributed by atoms with Gasteiger partial charge in [0.15, 0.2) is 0 Å². The van der Waals surface area contributed by atoms with Gasteiger partial charge in [-0.25, -0.2) is 19.2 Å². The summed E-state index contributed by atoms with van der Waals surface area (Å²) in [5.74, 6) is -4.53. The van der Waals surface area contributed by atoms with Gasteiger partial charge in [0.1, 0.15) is 4.81 Å². The van der Waals surface area contributed by atoms with E-state index in [0.29, 0.717) is 0 Å².